The lowest BCUT2D eigenvalue weighted by molar-refractivity contribution is -0.140. The Morgan fingerprint density at radius 3 is 2.27 bits per heavy atom. The third-order valence-electron chi connectivity index (χ3n) is 5.87. The van der Waals surface area contributed by atoms with Crippen LogP contribution >= 0.6 is 0 Å². The number of hydrogen-bond donors (Lipinski definition) is 1. The van der Waals surface area contributed by atoms with Gasteiger partial charge in [-0.2, -0.15) is 0 Å². The van der Waals surface area contributed by atoms with Crippen molar-refractivity contribution in [3.8, 4) is 0 Å². The Hall–Kier alpha value is -2.62. The molecule has 1 N–H and O–H groups in total. The fourth-order valence-corrected chi connectivity index (χ4v) is 4.65. The van der Waals surface area contributed by atoms with Crippen molar-refractivity contribution in [3.63, 3.8) is 0 Å². The summed E-state index contributed by atoms with van der Waals surface area (Å²) in [5.41, 5.74) is 3.14. The van der Waals surface area contributed by atoms with Crippen LogP contribution in [0.5, 0.6) is 0 Å². The first-order chi connectivity index (χ1) is 12.6. The summed E-state index contributed by atoms with van der Waals surface area (Å²) in [4.78, 5) is 27.6. The fourth-order valence-electron chi connectivity index (χ4n) is 4.65. The Morgan fingerprint density at radius 2 is 1.62 bits per heavy atom. The summed E-state index contributed by atoms with van der Waals surface area (Å²) in [6.45, 7) is 1.99. The van der Waals surface area contributed by atoms with Gasteiger partial charge in [-0.15, -0.1) is 0 Å². The van der Waals surface area contributed by atoms with Crippen molar-refractivity contribution in [1.29, 1.82) is 0 Å². The van der Waals surface area contributed by atoms with Crippen molar-refractivity contribution in [1.82, 2.24) is 4.90 Å². The van der Waals surface area contributed by atoms with Crippen LogP contribution in [-0.4, -0.2) is 27.9 Å². The molecule has 4 nitrogen and oxygen atoms in total. The van der Waals surface area contributed by atoms with Gasteiger partial charge in [0.25, 0.3) is 5.91 Å². The summed E-state index contributed by atoms with van der Waals surface area (Å²) < 4.78 is 0. The summed E-state index contributed by atoms with van der Waals surface area (Å²) in [5.74, 6) is -1.65. The lowest BCUT2D eigenvalue weighted by atomic mass is 9.78. The van der Waals surface area contributed by atoms with Gasteiger partial charge < -0.3 is 10.0 Å². The molecule has 0 saturated heterocycles. The van der Waals surface area contributed by atoms with Gasteiger partial charge in [0.15, 0.2) is 0 Å². The molecule has 2 aliphatic rings. The smallest absolute Gasteiger partial charge is 0.313 e. The molecule has 4 heteroatoms. The molecule has 1 saturated carbocycles. The second-order valence-corrected chi connectivity index (χ2v) is 7.36. The van der Waals surface area contributed by atoms with E-state index in [1.54, 1.807) is 12.1 Å². The number of carboxylic acid groups (broad SMARTS) is 1. The predicted molar refractivity (Wildman–Crippen MR) is 99.2 cm³/mol. The maximum absolute atomic E-state index is 13.4. The minimum Gasteiger partial charge on any atom is -0.481 e. The van der Waals surface area contributed by atoms with E-state index in [1.807, 2.05) is 48.2 Å². The highest BCUT2D eigenvalue weighted by molar-refractivity contribution is 6.00. The number of aryl methyl sites for hydroxylation is 1. The Kier molecular flexibility index (Phi) is 4.27. The highest BCUT2D eigenvalue weighted by Gasteiger charge is 2.47. The molecular weight excluding hydrogens is 326 g/mol. The van der Waals surface area contributed by atoms with Crippen molar-refractivity contribution < 1.29 is 14.7 Å². The van der Waals surface area contributed by atoms with Crippen LogP contribution in [0, 0.1) is 6.92 Å². The number of amides is 1. The van der Waals surface area contributed by atoms with Crippen LogP contribution in [-0.2, 0) is 4.79 Å². The lowest BCUT2D eigenvalue weighted by Gasteiger charge is -2.44. The fraction of sp³-hybridized carbons (Fsp3) is 0.364. The van der Waals surface area contributed by atoms with E-state index in [-0.39, 0.29) is 11.9 Å². The minimum atomic E-state index is -0.874. The molecule has 0 radical (unpaired) electrons. The molecule has 2 atom stereocenters. The van der Waals surface area contributed by atoms with Crippen LogP contribution < -0.4 is 0 Å². The average Bonchev–Trinajstić information content (AvgIpc) is 3.16. The van der Waals surface area contributed by atoms with Crippen LogP contribution in [0.4, 0.5) is 0 Å². The summed E-state index contributed by atoms with van der Waals surface area (Å²) in [6.07, 6.45) is 4.08. The normalized spacial score (nSPS) is 23.1. The van der Waals surface area contributed by atoms with Crippen LogP contribution in [0.15, 0.2) is 48.5 Å². The van der Waals surface area contributed by atoms with E-state index in [0.717, 1.165) is 36.8 Å². The monoisotopic (exact) mass is 349 g/mol. The van der Waals surface area contributed by atoms with Gasteiger partial charge in [0.1, 0.15) is 5.92 Å². The number of carbonyl (C=O) groups is 2. The molecule has 2 aromatic rings. The Labute approximate surface area is 153 Å². The quantitative estimate of drug-likeness (QED) is 0.899. The molecule has 0 spiro atoms. The summed E-state index contributed by atoms with van der Waals surface area (Å²) in [5, 5.41) is 10.1. The van der Waals surface area contributed by atoms with E-state index in [4.69, 9.17) is 0 Å². The topological polar surface area (TPSA) is 57.6 Å². The maximum atomic E-state index is 13.4. The van der Waals surface area contributed by atoms with Crippen molar-refractivity contribution in [2.45, 2.75) is 50.6 Å². The number of fused-ring (bicyclic) bond motifs is 1. The molecule has 4 rings (SSSR count). The molecule has 2 unspecified atom stereocenters. The summed E-state index contributed by atoms with van der Waals surface area (Å²) in [6, 6.07) is 14.7. The van der Waals surface area contributed by atoms with Gasteiger partial charge in [0, 0.05) is 11.6 Å². The second-order valence-electron chi connectivity index (χ2n) is 7.36. The van der Waals surface area contributed by atoms with Crippen molar-refractivity contribution in [2.24, 2.45) is 0 Å². The van der Waals surface area contributed by atoms with Gasteiger partial charge in [-0.3, -0.25) is 9.59 Å². The molecule has 1 aliphatic heterocycles. The van der Waals surface area contributed by atoms with Gasteiger partial charge >= 0.3 is 5.97 Å². The van der Waals surface area contributed by atoms with E-state index < -0.39 is 17.9 Å². The minimum absolute atomic E-state index is 0.0294. The zero-order chi connectivity index (χ0) is 18.3. The van der Waals surface area contributed by atoms with E-state index in [1.165, 1.54) is 0 Å². The zero-order valence-corrected chi connectivity index (χ0v) is 14.9. The molecule has 1 aliphatic carbocycles. The highest BCUT2D eigenvalue weighted by atomic mass is 16.4. The zero-order valence-electron chi connectivity index (χ0n) is 14.9. The Balaban J connectivity index is 1.94. The van der Waals surface area contributed by atoms with Gasteiger partial charge in [-0.1, -0.05) is 55.3 Å². The Bertz CT molecular complexity index is 854. The van der Waals surface area contributed by atoms with Gasteiger partial charge in [0.05, 0.1) is 6.04 Å². The van der Waals surface area contributed by atoms with E-state index in [2.05, 4.69) is 0 Å². The molecular formula is C22H23NO3. The number of carbonyl (C=O) groups excluding carboxylic acids is 1. The molecule has 0 bridgehead atoms. The van der Waals surface area contributed by atoms with E-state index in [0.29, 0.717) is 11.1 Å². The standard InChI is InChI=1S/C22H23NO3/c1-14-8-2-5-11-16(14)20-19(22(25)26)17-12-6-7-13-18(17)21(24)23(20)15-9-3-4-10-15/h2,5-8,11-13,15,19-20H,3-4,9-10H2,1H3,(H,25,26). The first kappa shape index (κ1) is 16.8. The van der Waals surface area contributed by atoms with Crippen LogP contribution in [0.3, 0.4) is 0 Å². The lowest BCUT2D eigenvalue weighted by Crippen LogP contribution is -2.49. The van der Waals surface area contributed by atoms with Gasteiger partial charge in [-0.05, 0) is 42.5 Å². The van der Waals surface area contributed by atoms with Gasteiger partial charge in [-0.25, -0.2) is 0 Å². The van der Waals surface area contributed by atoms with Crippen LogP contribution in [0.25, 0.3) is 0 Å². The van der Waals surface area contributed by atoms with Crippen molar-refractivity contribution in [2.75, 3.05) is 0 Å². The third-order valence-corrected chi connectivity index (χ3v) is 5.87. The van der Waals surface area contributed by atoms with Gasteiger partial charge in [0.2, 0.25) is 0 Å². The molecule has 134 valence electrons. The average molecular weight is 349 g/mol. The Morgan fingerprint density at radius 1 is 1.00 bits per heavy atom. The number of rotatable bonds is 3. The van der Waals surface area contributed by atoms with Crippen LogP contribution in [0.2, 0.25) is 0 Å². The summed E-state index contributed by atoms with van der Waals surface area (Å²) >= 11 is 0. The maximum Gasteiger partial charge on any atom is 0.313 e. The number of carboxylic acids is 1. The molecule has 0 aromatic heterocycles. The second kappa shape index (κ2) is 6.60. The number of aliphatic carboxylic acids is 1. The number of benzene rings is 2. The highest BCUT2D eigenvalue weighted by Crippen LogP contribution is 2.46. The van der Waals surface area contributed by atoms with Crippen molar-refractivity contribution in [3.05, 3.63) is 70.8 Å². The van der Waals surface area contributed by atoms with Crippen LogP contribution in [0.1, 0.15) is 64.7 Å². The number of hydrogen-bond acceptors (Lipinski definition) is 2. The molecule has 1 fully saturated rings. The van der Waals surface area contributed by atoms with E-state index in [9.17, 15) is 14.7 Å². The predicted octanol–water partition coefficient (Wildman–Crippen LogP) is 4.30. The largest absolute Gasteiger partial charge is 0.481 e. The van der Waals surface area contributed by atoms with Crippen molar-refractivity contribution >= 4 is 11.9 Å². The summed E-state index contributed by atoms with van der Waals surface area (Å²) in [7, 11) is 0. The van der Waals surface area contributed by atoms with E-state index >= 15 is 0 Å². The molecule has 26 heavy (non-hydrogen) atoms. The molecule has 1 amide bonds. The SMILES string of the molecule is Cc1ccccc1C1C(C(=O)O)c2ccccc2C(=O)N1C1CCCC1. The molecule has 2 aromatic carbocycles. The third kappa shape index (κ3) is 2.61. The number of nitrogens with zero attached hydrogens (tertiary/aromatic N) is 1. The first-order valence-corrected chi connectivity index (χ1v) is 9.29. The first-order valence-electron chi connectivity index (χ1n) is 9.29. The molecule has 1 heterocycles.